The average Bonchev–Trinajstić information content (AvgIpc) is 2.33. The molecule has 0 aliphatic heterocycles. The minimum atomic E-state index is 0.00691. The SMILES string of the molecule is CCCCNC(=O)CCN(CCCOC)C(C)=O. The molecule has 0 aliphatic rings. The molecule has 0 unspecified atom stereocenters. The van der Waals surface area contributed by atoms with Crippen molar-refractivity contribution in [3.63, 3.8) is 0 Å². The molecule has 0 saturated carbocycles. The van der Waals surface area contributed by atoms with Crippen molar-refractivity contribution in [2.24, 2.45) is 0 Å². The quantitative estimate of drug-likeness (QED) is 0.599. The van der Waals surface area contributed by atoms with E-state index in [-0.39, 0.29) is 11.8 Å². The summed E-state index contributed by atoms with van der Waals surface area (Å²) < 4.78 is 4.95. The zero-order valence-corrected chi connectivity index (χ0v) is 11.8. The maximum atomic E-state index is 11.5. The normalized spacial score (nSPS) is 10.2. The van der Waals surface area contributed by atoms with Gasteiger partial charge in [0.1, 0.15) is 0 Å². The van der Waals surface area contributed by atoms with E-state index in [2.05, 4.69) is 12.2 Å². The molecule has 106 valence electrons. The van der Waals surface area contributed by atoms with E-state index in [0.717, 1.165) is 25.8 Å². The molecule has 0 saturated heterocycles. The first kappa shape index (κ1) is 16.9. The van der Waals surface area contributed by atoms with Crippen molar-refractivity contribution in [1.29, 1.82) is 0 Å². The second-order valence-corrected chi connectivity index (χ2v) is 4.31. The summed E-state index contributed by atoms with van der Waals surface area (Å²) in [4.78, 5) is 24.6. The molecule has 0 aliphatic carbocycles. The number of carbonyl (C=O) groups is 2. The minimum Gasteiger partial charge on any atom is -0.385 e. The second-order valence-electron chi connectivity index (χ2n) is 4.31. The van der Waals surface area contributed by atoms with Crippen LogP contribution in [0.3, 0.4) is 0 Å². The Bertz CT molecular complexity index is 244. The molecule has 0 spiro atoms. The summed E-state index contributed by atoms with van der Waals surface area (Å²) in [6.07, 6.45) is 3.23. The van der Waals surface area contributed by atoms with Crippen LogP contribution in [0.25, 0.3) is 0 Å². The van der Waals surface area contributed by atoms with E-state index >= 15 is 0 Å². The maximum Gasteiger partial charge on any atom is 0.221 e. The molecule has 0 radical (unpaired) electrons. The van der Waals surface area contributed by atoms with Gasteiger partial charge >= 0.3 is 0 Å². The van der Waals surface area contributed by atoms with E-state index in [9.17, 15) is 9.59 Å². The number of ether oxygens (including phenoxy) is 1. The number of hydrogen-bond donors (Lipinski definition) is 1. The number of carbonyl (C=O) groups excluding carboxylic acids is 2. The highest BCUT2D eigenvalue weighted by Crippen LogP contribution is 1.96. The van der Waals surface area contributed by atoms with Crippen molar-refractivity contribution in [2.75, 3.05) is 33.4 Å². The number of nitrogens with one attached hydrogen (secondary N) is 1. The molecule has 0 aromatic carbocycles. The molecule has 0 aromatic heterocycles. The van der Waals surface area contributed by atoms with E-state index in [4.69, 9.17) is 4.74 Å². The molecular weight excluding hydrogens is 232 g/mol. The third kappa shape index (κ3) is 8.98. The molecule has 0 rings (SSSR count). The van der Waals surface area contributed by atoms with Crippen LogP contribution >= 0.6 is 0 Å². The van der Waals surface area contributed by atoms with Crippen LogP contribution < -0.4 is 5.32 Å². The summed E-state index contributed by atoms with van der Waals surface area (Å²) in [5, 5.41) is 2.84. The first-order valence-electron chi connectivity index (χ1n) is 6.63. The van der Waals surface area contributed by atoms with E-state index in [0.29, 0.717) is 26.1 Å². The summed E-state index contributed by atoms with van der Waals surface area (Å²) in [6, 6.07) is 0. The lowest BCUT2D eigenvalue weighted by Gasteiger charge is -2.20. The summed E-state index contributed by atoms with van der Waals surface area (Å²) >= 11 is 0. The third-order valence-electron chi connectivity index (χ3n) is 2.68. The summed E-state index contributed by atoms with van der Waals surface area (Å²) in [6.45, 7) is 6.09. The van der Waals surface area contributed by atoms with Gasteiger partial charge in [-0.05, 0) is 12.8 Å². The van der Waals surface area contributed by atoms with Crippen LogP contribution in [-0.2, 0) is 14.3 Å². The van der Waals surface area contributed by atoms with Gasteiger partial charge in [-0.15, -0.1) is 0 Å². The molecule has 2 amide bonds. The Kier molecular flexibility index (Phi) is 10.3. The first-order chi connectivity index (χ1) is 8.61. The van der Waals surface area contributed by atoms with Crippen LogP contribution in [0.5, 0.6) is 0 Å². The van der Waals surface area contributed by atoms with E-state index < -0.39 is 0 Å². The fourth-order valence-electron chi connectivity index (χ4n) is 1.56. The van der Waals surface area contributed by atoms with Gasteiger partial charge in [0, 0.05) is 46.7 Å². The number of hydrogen-bond acceptors (Lipinski definition) is 3. The second kappa shape index (κ2) is 11.0. The molecule has 18 heavy (non-hydrogen) atoms. The number of nitrogens with zero attached hydrogens (tertiary/aromatic N) is 1. The Labute approximate surface area is 110 Å². The van der Waals surface area contributed by atoms with Crippen LogP contribution in [0.2, 0.25) is 0 Å². The van der Waals surface area contributed by atoms with E-state index in [1.54, 1.807) is 12.0 Å². The predicted octanol–water partition coefficient (Wildman–Crippen LogP) is 1.18. The molecule has 5 heteroatoms. The Balaban J connectivity index is 3.81. The predicted molar refractivity (Wildman–Crippen MR) is 71.3 cm³/mol. The number of methoxy groups -OCH3 is 1. The highest BCUT2D eigenvalue weighted by molar-refractivity contribution is 5.77. The Morgan fingerprint density at radius 1 is 1.22 bits per heavy atom. The summed E-state index contributed by atoms with van der Waals surface area (Å²) in [5.74, 6) is 0.0221. The van der Waals surface area contributed by atoms with Gasteiger partial charge in [-0.2, -0.15) is 0 Å². The Morgan fingerprint density at radius 3 is 2.50 bits per heavy atom. The first-order valence-corrected chi connectivity index (χ1v) is 6.63. The van der Waals surface area contributed by atoms with Crippen molar-refractivity contribution >= 4 is 11.8 Å². The average molecular weight is 258 g/mol. The van der Waals surface area contributed by atoms with Gasteiger partial charge < -0.3 is 15.0 Å². The smallest absolute Gasteiger partial charge is 0.221 e. The van der Waals surface area contributed by atoms with Gasteiger partial charge in [-0.1, -0.05) is 13.3 Å². The number of unbranched alkanes of at least 4 members (excludes halogenated alkanes) is 1. The van der Waals surface area contributed by atoms with Crippen molar-refractivity contribution in [2.45, 2.75) is 39.5 Å². The van der Waals surface area contributed by atoms with Gasteiger partial charge in [-0.3, -0.25) is 9.59 Å². The summed E-state index contributed by atoms with van der Waals surface area (Å²) in [7, 11) is 1.64. The largest absolute Gasteiger partial charge is 0.385 e. The van der Waals surface area contributed by atoms with Gasteiger partial charge in [-0.25, -0.2) is 0 Å². The Morgan fingerprint density at radius 2 is 1.94 bits per heavy atom. The van der Waals surface area contributed by atoms with Gasteiger partial charge in [0.05, 0.1) is 0 Å². The van der Waals surface area contributed by atoms with Gasteiger partial charge in [0.2, 0.25) is 11.8 Å². The van der Waals surface area contributed by atoms with Crippen LogP contribution in [-0.4, -0.2) is 50.1 Å². The standard InChI is InChI=1S/C13H26N2O3/c1-4-5-8-14-13(17)7-10-15(12(2)16)9-6-11-18-3/h4-11H2,1-3H3,(H,14,17). The van der Waals surface area contributed by atoms with Crippen LogP contribution in [0.4, 0.5) is 0 Å². The highest BCUT2D eigenvalue weighted by atomic mass is 16.5. The number of rotatable bonds is 10. The molecule has 0 heterocycles. The molecule has 5 nitrogen and oxygen atoms in total. The monoisotopic (exact) mass is 258 g/mol. The zero-order valence-electron chi connectivity index (χ0n) is 11.8. The van der Waals surface area contributed by atoms with Crippen molar-refractivity contribution in [3.05, 3.63) is 0 Å². The molecular formula is C13H26N2O3. The lowest BCUT2D eigenvalue weighted by molar-refractivity contribution is -0.129. The third-order valence-corrected chi connectivity index (χ3v) is 2.68. The van der Waals surface area contributed by atoms with Crippen LogP contribution in [0, 0.1) is 0 Å². The van der Waals surface area contributed by atoms with Crippen molar-refractivity contribution < 1.29 is 14.3 Å². The summed E-state index contributed by atoms with van der Waals surface area (Å²) in [5.41, 5.74) is 0. The fourth-order valence-corrected chi connectivity index (χ4v) is 1.56. The maximum absolute atomic E-state index is 11.5. The van der Waals surface area contributed by atoms with Gasteiger partial charge in [0.25, 0.3) is 0 Å². The van der Waals surface area contributed by atoms with Crippen molar-refractivity contribution in [3.8, 4) is 0 Å². The van der Waals surface area contributed by atoms with Crippen LogP contribution in [0.15, 0.2) is 0 Å². The molecule has 1 N–H and O–H groups in total. The lowest BCUT2D eigenvalue weighted by atomic mass is 10.3. The number of amides is 2. The fraction of sp³-hybridized carbons (Fsp3) is 0.846. The Hall–Kier alpha value is -1.10. The highest BCUT2D eigenvalue weighted by Gasteiger charge is 2.10. The molecule has 0 bridgehead atoms. The zero-order chi connectivity index (χ0) is 13.8. The molecule has 0 fully saturated rings. The molecule has 0 aromatic rings. The lowest BCUT2D eigenvalue weighted by Crippen LogP contribution is -2.35. The minimum absolute atomic E-state index is 0.00691. The molecule has 0 atom stereocenters. The van der Waals surface area contributed by atoms with Crippen LogP contribution in [0.1, 0.15) is 39.5 Å². The topological polar surface area (TPSA) is 58.6 Å². The van der Waals surface area contributed by atoms with Gasteiger partial charge in [0.15, 0.2) is 0 Å². The van der Waals surface area contributed by atoms with E-state index in [1.807, 2.05) is 0 Å². The van der Waals surface area contributed by atoms with Crippen molar-refractivity contribution in [1.82, 2.24) is 10.2 Å². The van der Waals surface area contributed by atoms with E-state index in [1.165, 1.54) is 6.92 Å².